The Bertz CT molecular complexity index is 920. The molecule has 0 amide bonds. The molecule has 0 saturated carbocycles. The molecular formula is C16H13N5OS3. The van der Waals surface area contributed by atoms with Crippen molar-refractivity contribution >= 4 is 39.6 Å². The molecule has 0 fully saturated rings. The topological polar surface area (TPSA) is 76.7 Å². The molecule has 0 aliphatic heterocycles. The molecule has 0 bridgehead atoms. The average molecular weight is 388 g/mol. The minimum absolute atomic E-state index is 0.575. The largest absolute Gasteiger partial charge is 0.356 e. The highest BCUT2D eigenvalue weighted by atomic mass is 32.2. The van der Waals surface area contributed by atoms with Gasteiger partial charge in [-0.2, -0.15) is 4.98 Å². The van der Waals surface area contributed by atoms with Crippen LogP contribution >= 0.6 is 34.4 Å². The number of thioether (sulfide) groups is 1. The van der Waals surface area contributed by atoms with Crippen molar-refractivity contribution in [2.75, 3.05) is 5.32 Å². The quantitative estimate of drug-likeness (QED) is 0.466. The van der Waals surface area contributed by atoms with Crippen LogP contribution in [0.5, 0.6) is 0 Å². The highest BCUT2D eigenvalue weighted by molar-refractivity contribution is 8.00. The van der Waals surface area contributed by atoms with Crippen LogP contribution in [0.4, 0.5) is 5.13 Å². The molecule has 0 saturated heterocycles. The molecule has 0 unspecified atom stereocenters. The first-order chi connectivity index (χ1) is 12.4. The molecule has 126 valence electrons. The summed E-state index contributed by atoms with van der Waals surface area (Å²) < 4.78 is 6.15. The first-order valence-corrected chi connectivity index (χ1v) is 10.2. The van der Waals surface area contributed by atoms with E-state index in [2.05, 4.69) is 37.8 Å². The van der Waals surface area contributed by atoms with E-state index in [1.165, 1.54) is 28.7 Å². The van der Waals surface area contributed by atoms with Crippen molar-refractivity contribution in [2.24, 2.45) is 0 Å². The van der Waals surface area contributed by atoms with Gasteiger partial charge in [0.15, 0.2) is 4.34 Å². The van der Waals surface area contributed by atoms with E-state index in [-0.39, 0.29) is 0 Å². The second-order valence-corrected chi connectivity index (χ2v) is 8.14. The van der Waals surface area contributed by atoms with Crippen molar-refractivity contribution in [1.29, 1.82) is 0 Å². The van der Waals surface area contributed by atoms with E-state index >= 15 is 0 Å². The van der Waals surface area contributed by atoms with Crippen molar-refractivity contribution in [3.63, 3.8) is 0 Å². The lowest BCUT2D eigenvalue weighted by Crippen LogP contribution is -1.98. The molecular weight excluding hydrogens is 374 g/mol. The Morgan fingerprint density at radius 3 is 2.84 bits per heavy atom. The Balaban J connectivity index is 1.31. The summed E-state index contributed by atoms with van der Waals surface area (Å²) in [6, 6.07) is 14.1. The number of rotatable bonds is 7. The molecule has 1 aromatic carbocycles. The van der Waals surface area contributed by atoms with Gasteiger partial charge in [0.1, 0.15) is 0 Å². The number of nitrogens with zero attached hydrogens (tertiary/aromatic N) is 4. The molecule has 3 aromatic heterocycles. The van der Waals surface area contributed by atoms with E-state index in [9.17, 15) is 0 Å². The third-order valence-corrected chi connectivity index (χ3v) is 6.09. The van der Waals surface area contributed by atoms with Gasteiger partial charge in [-0.05, 0) is 17.0 Å². The summed E-state index contributed by atoms with van der Waals surface area (Å²) >= 11 is 4.65. The van der Waals surface area contributed by atoms with Gasteiger partial charge in [-0.1, -0.05) is 64.7 Å². The van der Waals surface area contributed by atoms with Crippen LogP contribution in [0, 0.1) is 0 Å². The van der Waals surface area contributed by atoms with Crippen LogP contribution in [-0.2, 0) is 12.3 Å². The summed E-state index contributed by atoms with van der Waals surface area (Å²) in [7, 11) is 0. The molecule has 6 nitrogen and oxygen atoms in total. The molecule has 4 rings (SSSR count). The second kappa shape index (κ2) is 7.77. The zero-order valence-corrected chi connectivity index (χ0v) is 15.4. The maximum absolute atomic E-state index is 5.29. The number of anilines is 1. The lowest BCUT2D eigenvalue weighted by Gasteiger charge is -2.00. The first-order valence-electron chi connectivity index (χ1n) is 7.47. The average Bonchev–Trinajstić information content (AvgIpc) is 3.40. The van der Waals surface area contributed by atoms with Crippen LogP contribution in [0.2, 0.25) is 0 Å². The molecule has 0 spiro atoms. The molecule has 1 N–H and O–H groups in total. The van der Waals surface area contributed by atoms with E-state index < -0.39 is 0 Å². The number of aromatic nitrogens is 4. The minimum Gasteiger partial charge on any atom is -0.356 e. The number of nitrogens with one attached hydrogen (secondary N) is 1. The van der Waals surface area contributed by atoms with Crippen molar-refractivity contribution in [2.45, 2.75) is 16.6 Å². The van der Waals surface area contributed by atoms with Crippen LogP contribution in [0.3, 0.4) is 0 Å². The van der Waals surface area contributed by atoms with E-state index in [4.69, 9.17) is 4.52 Å². The van der Waals surface area contributed by atoms with E-state index in [0.717, 1.165) is 20.9 Å². The zero-order valence-electron chi connectivity index (χ0n) is 13.0. The van der Waals surface area contributed by atoms with Crippen LogP contribution in [0.1, 0.15) is 11.5 Å². The van der Waals surface area contributed by atoms with Gasteiger partial charge in [-0.3, -0.25) is 0 Å². The second-order valence-electron chi connectivity index (χ2n) is 4.99. The molecule has 4 aromatic rings. The number of hydrogen-bond acceptors (Lipinski definition) is 9. The standard InChI is InChI=1S/C16H13N5OS3/c1-2-5-11(6-3-1)9-17-15-19-20-16(25-15)24-10-13-18-14(21-22-13)12-7-4-8-23-12/h1-8H,9-10H2,(H,17,19). The Hall–Kier alpha value is -2.23. The lowest BCUT2D eigenvalue weighted by atomic mass is 10.2. The van der Waals surface area contributed by atoms with Crippen LogP contribution in [0.15, 0.2) is 56.7 Å². The van der Waals surface area contributed by atoms with Gasteiger partial charge in [0.2, 0.25) is 16.8 Å². The van der Waals surface area contributed by atoms with Crippen LogP contribution in [0.25, 0.3) is 10.7 Å². The Morgan fingerprint density at radius 1 is 1.08 bits per heavy atom. The minimum atomic E-state index is 0.575. The number of thiophene rings is 1. The molecule has 0 atom stereocenters. The van der Waals surface area contributed by atoms with Crippen molar-refractivity contribution in [3.8, 4) is 10.7 Å². The fraction of sp³-hybridized carbons (Fsp3) is 0.125. The van der Waals surface area contributed by atoms with Gasteiger partial charge in [-0.25, -0.2) is 0 Å². The summed E-state index contributed by atoms with van der Waals surface area (Å²) in [5.41, 5.74) is 1.21. The van der Waals surface area contributed by atoms with Gasteiger partial charge >= 0.3 is 0 Å². The van der Waals surface area contributed by atoms with Gasteiger partial charge in [0.05, 0.1) is 10.6 Å². The molecule has 9 heteroatoms. The highest BCUT2D eigenvalue weighted by Crippen LogP contribution is 2.29. The SMILES string of the molecule is c1ccc(CNc2nnc(SCc3nc(-c4cccs4)no3)s2)cc1. The van der Waals surface area contributed by atoms with E-state index in [1.807, 2.05) is 35.7 Å². The molecule has 0 aliphatic carbocycles. The summed E-state index contributed by atoms with van der Waals surface area (Å²) in [4.78, 5) is 5.41. The molecule has 3 heterocycles. The molecule has 0 radical (unpaired) electrons. The van der Waals surface area contributed by atoms with Crippen LogP contribution < -0.4 is 5.32 Å². The predicted molar refractivity (Wildman–Crippen MR) is 101 cm³/mol. The predicted octanol–water partition coefficient (Wildman–Crippen LogP) is 4.55. The van der Waals surface area contributed by atoms with Crippen molar-refractivity contribution in [3.05, 3.63) is 59.3 Å². The first kappa shape index (κ1) is 16.2. The summed E-state index contributed by atoms with van der Waals surface area (Å²) in [5.74, 6) is 1.79. The fourth-order valence-corrected chi connectivity index (χ4v) is 4.29. The van der Waals surface area contributed by atoms with Gasteiger partial charge < -0.3 is 9.84 Å². The summed E-state index contributed by atoms with van der Waals surface area (Å²) in [6.07, 6.45) is 0. The number of hydrogen-bond donors (Lipinski definition) is 1. The van der Waals surface area contributed by atoms with Gasteiger partial charge in [0.25, 0.3) is 0 Å². The smallest absolute Gasteiger partial charge is 0.237 e. The van der Waals surface area contributed by atoms with Gasteiger partial charge in [0, 0.05) is 6.54 Å². The third-order valence-electron chi connectivity index (χ3n) is 3.22. The van der Waals surface area contributed by atoms with Crippen LogP contribution in [-0.4, -0.2) is 20.3 Å². The van der Waals surface area contributed by atoms with E-state index in [1.54, 1.807) is 11.3 Å². The summed E-state index contributed by atoms with van der Waals surface area (Å²) in [5, 5.41) is 18.4. The van der Waals surface area contributed by atoms with Crippen molar-refractivity contribution in [1.82, 2.24) is 20.3 Å². The third kappa shape index (κ3) is 4.25. The maximum Gasteiger partial charge on any atom is 0.237 e. The van der Waals surface area contributed by atoms with Crippen molar-refractivity contribution < 1.29 is 4.52 Å². The Morgan fingerprint density at radius 2 is 2.00 bits per heavy atom. The zero-order chi connectivity index (χ0) is 16.9. The number of benzene rings is 1. The van der Waals surface area contributed by atoms with Gasteiger partial charge in [-0.15, -0.1) is 21.5 Å². The highest BCUT2D eigenvalue weighted by Gasteiger charge is 2.11. The normalized spacial score (nSPS) is 10.9. The monoisotopic (exact) mass is 387 g/mol. The summed E-state index contributed by atoms with van der Waals surface area (Å²) in [6.45, 7) is 0.730. The van der Waals surface area contributed by atoms with E-state index in [0.29, 0.717) is 17.5 Å². The molecule has 0 aliphatic rings. The maximum atomic E-state index is 5.29. The Labute approximate surface area is 156 Å². The fourth-order valence-electron chi connectivity index (χ4n) is 2.06. The Kier molecular flexibility index (Phi) is 5.05. The lowest BCUT2D eigenvalue weighted by molar-refractivity contribution is 0.392. The molecule has 25 heavy (non-hydrogen) atoms.